The average molecular weight is 262 g/mol. The Hall–Kier alpha value is -1.86. The van der Waals surface area contributed by atoms with Crippen LogP contribution in [0.15, 0.2) is 12.4 Å². The van der Waals surface area contributed by atoms with E-state index in [0.29, 0.717) is 0 Å². The summed E-state index contributed by atoms with van der Waals surface area (Å²) in [7, 11) is 0. The standard InChI is InChI=1S/C10H13F3N4O/c11-10(12,13)3-1-2-4-16-9(18)7-5-15-6-8(14)17-7/h5-6H,1-4H2,(H2,14,17)(H,16,18). The largest absolute Gasteiger partial charge is 0.389 e. The highest BCUT2D eigenvalue weighted by molar-refractivity contribution is 5.92. The molecule has 0 saturated carbocycles. The van der Waals surface area contributed by atoms with Gasteiger partial charge in [-0.3, -0.25) is 9.78 Å². The highest BCUT2D eigenvalue weighted by atomic mass is 19.4. The SMILES string of the molecule is Nc1cncc(C(=O)NCCCCC(F)(F)F)n1. The number of nitrogens with zero attached hydrogens (tertiary/aromatic N) is 2. The Kier molecular flexibility index (Phi) is 4.87. The van der Waals surface area contributed by atoms with E-state index in [4.69, 9.17) is 5.73 Å². The Bertz CT molecular complexity index is 408. The molecule has 8 heteroatoms. The number of nitrogens with one attached hydrogen (secondary N) is 1. The number of nitrogens with two attached hydrogens (primary N) is 1. The molecule has 0 aliphatic rings. The molecule has 0 unspecified atom stereocenters. The van der Waals surface area contributed by atoms with Crippen LogP contribution < -0.4 is 11.1 Å². The first-order valence-corrected chi connectivity index (χ1v) is 5.31. The van der Waals surface area contributed by atoms with E-state index in [2.05, 4.69) is 15.3 Å². The molecule has 100 valence electrons. The van der Waals surface area contributed by atoms with Crippen LogP contribution in [0.4, 0.5) is 19.0 Å². The first kappa shape index (κ1) is 14.2. The Labute approximate surface area is 102 Å². The summed E-state index contributed by atoms with van der Waals surface area (Å²) in [5.41, 5.74) is 5.39. The molecule has 0 saturated heterocycles. The molecule has 3 N–H and O–H groups in total. The smallest absolute Gasteiger partial charge is 0.382 e. The molecule has 0 radical (unpaired) electrons. The number of carbonyl (C=O) groups excluding carboxylic acids is 1. The lowest BCUT2D eigenvalue weighted by Crippen LogP contribution is -2.26. The van der Waals surface area contributed by atoms with E-state index in [9.17, 15) is 18.0 Å². The summed E-state index contributed by atoms with van der Waals surface area (Å²) >= 11 is 0. The van der Waals surface area contributed by atoms with E-state index in [-0.39, 0.29) is 30.9 Å². The van der Waals surface area contributed by atoms with Crippen LogP contribution in [-0.4, -0.2) is 28.6 Å². The minimum atomic E-state index is -4.15. The van der Waals surface area contributed by atoms with Crippen molar-refractivity contribution in [2.24, 2.45) is 0 Å². The second-order valence-electron chi connectivity index (χ2n) is 3.66. The number of nitrogen functional groups attached to an aromatic ring is 1. The lowest BCUT2D eigenvalue weighted by atomic mass is 10.2. The molecule has 5 nitrogen and oxygen atoms in total. The van der Waals surface area contributed by atoms with Gasteiger partial charge >= 0.3 is 6.18 Å². The summed E-state index contributed by atoms with van der Waals surface area (Å²) in [6.45, 7) is 0.158. The maximum atomic E-state index is 11.8. The van der Waals surface area contributed by atoms with Gasteiger partial charge in [0.2, 0.25) is 0 Å². The number of halogens is 3. The third kappa shape index (κ3) is 5.46. The molecule has 0 aliphatic carbocycles. The van der Waals surface area contributed by atoms with Crippen molar-refractivity contribution < 1.29 is 18.0 Å². The van der Waals surface area contributed by atoms with Gasteiger partial charge in [0.05, 0.1) is 12.4 Å². The van der Waals surface area contributed by atoms with Crippen molar-refractivity contribution in [2.75, 3.05) is 12.3 Å². The van der Waals surface area contributed by atoms with Gasteiger partial charge in [0.25, 0.3) is 5.91 Å². The predicted molar refractivity (Wildman–Crippen MR) is 58.7 cm³/mol. The zero-order valence-corrected chi connectivity index (χ0v) is 9.50. The number of unbranched alkanes of at least 4 members (excludes halogenated alkanes) is 1. The third-order valence-electron chi connectivity index (χ3n) is 2.06. The van der Waals surface area contributed by atoms with Crippen LogP contribution in [0.3, 0.4) is 0 Å². The second-order valence-corrected chi connectivity index (χ2v) is 3.66. The van der Waals surface area contributed by atoms with Crippen molar-refractivity contribution in [2.45, 2.75) is 25.4 Å². The molecule has 1 rings (SSSR count). The highest BCUT2D eigenvalue weighted by Crippen LogP contribution is 2.21. The summed E-state index contributed by atoms with van der Waals surface area (Å²) in [4.78, 5) is 18.9. The number of rotatable bonds is 5. The summed E-state index contributed by atoms with van der Waals surface area (Å²) in [5.74, 6) is -0.387. The van der Waals surface area contributed by atoms with E-state index in [1.165, 1.54) is 12.4 Å². The number of hydrogen-bond acceptors (Lipinski definition) is 4. The lowest BCUT2D eigenvalue weighted by Gasteiger charge is -2.06. The van der Waals surface area contributed by atoms with Gasteiger partial charge in [-0.2, -0.15) is 13.2 Å². The molecule has 1 aromatic rings. The van der Waals surface area contributed by atoms with Gasteiger partial charge in [0, 0.05) is 13.0 Å². The first-order chi connectivity index (χ1) is 8.38. The maximum Gasteiger partial charge on any atom is 0.389 e. The minimum Gasteiger partial charge on any atom is -0.382 e. The molecular weight excluding hydrogens is 249 g/mol. The van der Waals surface area contributed by atoms with Gasteiger partial charge in [-0.05, 0) is 12.8 Å². The molecule has 1 heterocycles. The minimum absolute atomic E-state index is 0.0214. The molecule has 0 aliphatic heterocycles. The first-order valence-electron chi connectivity index (χ1n) is 5.31. The fourth-order valence-corrected chi connectivity index (χ4v) is 1.23. The fraction of sp³-hybridized carbons (Fsp3) is 0.500. The Morgan fingerprint density at radius 2 is 2.06 bits per heavy atom. The molecule has 0 bridgehead atoms. The Balaban J connectivity index is 2.26. The van der Waals surface area contributed by atoms with Gasteiger partial charge in [0.1, 0.15) is 11.5 Å². The van der Waals surface area contributed by atoms with Crippen molar-refractivity contribution in [3.05, 3.63) is 18.1 Å². The highest BCUT2D eigenvalue weighted by Gasteiger charge is 2.25. The molecule has 0 atom stereocenters. The number of alkyl halides is 3. The van der Waals surface area contributed by atoms with Gasteiger partial charge in [-0.15, -0.1) is 0 Å². The molecule has 0 aromatic carbocycles. The van der Waals surface area contributed by atoms with E-state index < -0.39 is 18.5 Å². The van der Waals surface area contributed by atoms with Crippen LogP contribution >= 0.6 is 0 Å². The van der Waals surface area contributed by atoms with Crippen LogP contribution in [0.25, 0.3) is 0 Å². The zero-order chi connectivity index (χ0) is 13.6. The molecule has 1 amide bonds. The van der Waals surface area contributed by atoms with Crippen molar-refractivity contribution in [3.8, 4) is 0 Å². The summed E-state index contributed by atoms with van der Waals surface area (Å²) < 4.78 is 35.5. The molecule has 18 heavy (non-hydrogen) atoms. The number of carbonyl (C=O) groups is 1. The summed E-state index contributed by atoms with van der Waals surface area (Å²) in [5, 5.41) is 2.45. The van der Waals surface area contributed by atoms with Gasteiger partial charge in [-0.1, -0.05) is 0 Å². The van der Waals surface area contributed by atoms with Crippen LogP contribution in [0.1, 0.15) is 29.8 Å². The van der Waals surface area contributed by atoms with E-state index in [1.807, 2.05) is 0 Å². The molecular formula is C10H13F3N4O. The lowest BCUT2D eigenvalue weighted by molar-refractivity contribution is -0.135. The van der Waals surface area contributed by atoms with Crippen molar-refractivity contribution >= 4 is 11.7 Å². The van der Waals surface area contributed by atoms with Crippen LogP contribution in [0, 0.1) is 0 Å². The van der Waals surface area contributed by atoms with Crippen molar-refractivity contribution in [1.29, 1.82) is 0 Å². The van der Waals surface area contributed by atoms with Gasteiger partial charge < -0.3 is 11.1 Å². The quantitative estimate of drug-likeness (QED) is 0.788. The van der Waals surface area contributed by atoms with Crippen LogP contribution in [0.5, 0.6) is 0 Å². The number of anilines is 1. The molecule has 0 fully saturated rings. The maximum absolute atomic E-state index is 11.8. The Morgan fingerprint density at radius 1 is 1.33 bits per heavy atom. The predicted octanol–water partition coefficient (Wildman–Crippen LogP) is 1.52. The number of hydrogen-bond donors (Lipinski definition) is 2. The average Bonchev–Trinajstić information content (AvgIpc) is 2.26. The fourth-order valence-electron chi connectivity index (χ4n) is 1.23. The zero-order valence-electron chi connectivity index (χ0n) is 9.50. The van der Waals surface area contributed by atoms with Crippen molar-refractivity contribution in [3.63, 3.8) is 0 Å². The van der Waals surface area contributed by atoms with Crippen LogP contribution in [-0.2, 0) is 0 Å². The number of amides is 1. The van der Waals surface area contributed by atoms with Gasteiger partial charge in [0.15, 0.2) is 0 Å². The van der Waals surface area contributed by atoms with Crippen LogP contribution in [0.2, 0.25) is 0 Å². The molecule has 1 aromatic heterocycles. The summed E-state index contributed by atoms with van der Waals surface area (Å²) in [6.07, 6.45) is -2.24. The van der Waals surface area contributed by atoms with Crippen molar-refractivity contribution in [1.82, 2.24) is 15.3 Å². The van der Waals surface area contributed by atoms with E-state index in [1.54, 1.807) is 0 Å². The Morgan fingerprint density at radius 3 is 2.67 bits per heavy atom. The number of aromatic nitrogens is 2. The normalized spacial score (nSPS) is 11.3. The topological polar surface area (TPSA) is 80.9 Å². The monoisotopic (exact) mass is 262 g/mol. The van der Waals surface area contributed by atoms with E-state index in [0.717, 1.165) is 0 Å². The molecule has 0 spiro atoms. The summed E-state index contributed by atoms with van der Waals surface area (Å²) in [6, 6.07) is 0. The third-order valence-corrected chi connectivity index (χ3v) is 2.06. The second kappa shape index (κ2) is 6.18. The van der Waals surface area contributed by atoms with Gasteiger partial charge in [-0.25, -0.2) is 4.98 Å². The van der Waals surface area contributed by atoms with E-state index >= 15 is 0 Å².